The van der Waals surface area contributed by atoms with Crippen molar-refractivity contribution in [3.8, 4) is 0 Å². The third-order valence-corrected chi connectivity index (χ3v) is 3.09. The summed E-state index contributed by atoms with van der Waals surface area (Å²) in [7, 11) is 2.14. The van der Waals surface area contributed by atoms with Crippen LogP contribution in [-0.4, -0.2) is 20.1 Å². The predicted molar refractivity (Wildman–Crippen MR) is 67.1 cm³/mol. The average Bonchev–Trinajstić information content (AvgIpc) is 2.25. The van der Waals surface area contributed by atoms with E-state index < -0.39 is 0 Å². The van der Waals surface area contributed by atoms with Crippen molar-refractivity contribution in [2.24, 2.45) is 5.92 Å². The molecule has 82 valence electrons. The molecule has 0 aliphatic carbocycles. The minimum atomic E-state index is 0.653. The van der Waals surface area contributed by atoms with Crippen LogP contribution in [0.15, 0.2) is 12.1 Å². The average molecular weight is 225 g/mol. The van der Waals surface area contributed by atoms with Gasteiger partial charge in [0.25, 0.3) is 0 Å². The van der Waals surface area contributed by atoms with Crippen molar-refractivity contribution in [1.29, 1.82) is 0 Å². The predicted octanol–water partition coefficient (Wildman–Crippen LogP) is 3.15. The molecule has 0 fully saturated rings. The molecule has 1 N–H and O–H groups in total. The number of halogens is 1. The molecular weight excluding hydrogens is 208 g/mol. The van der Waals surface area contributed by atoms with E-state index in [4.69, 9.17) is 11.6 Å². The second-order valence-electron chi connectivity index (χ2n) is 4.49. The highest BCUT2D eigenvalue weighted by Crippen LogP contribution is 2.34. The van der Waals surface area contributed by atoms with Gasteiger partial charge in [-0.3, -0.25) is 0 Å². The molecule has 0 amide bonds. The molecule has 0 aromatic heterocycles. The van der Waals surface area contributed by atoms with E-state index in [2.05, 4.69) is 31.1 Å². The molecule has 3 heteroatoms. The molecule has 0 saturated heterocycles. The molecule has 1 aliphatic rings. The minimum Gasteiger partial charge on any atom is -0.383 e. The summed E-state index contributed by atoms with van der Waals surface area (Å²) in [5.74, 6) is 0.653. The van der Waals surface area contributed by atoms with E-state index in [1.165, 1.54) is 11.3 Å². The lowest BCUT2D eigenvalue weighted by atomic mass is 10.1. The maximum Gasteiger partial charge on any atom is 0.0630 e. The third-order valence-electron chi connectivity index (χ3n) is 2.87. The Hall–Kier alpha value is -0.890. The van der Waals surface area contributed by atoms with Crippen LogP contribution in [0.25, 0.3) is 0 Å². The lowest BCUT2D eigenvalue weighted by molar-refractivity contribution is 0.617. The molecule has 0 bridgehead atoms. The molecule has 0 spiro atoms. The van der Waals surface area contributed by atoms with Gasteiger partial charge in [-0.15, -0.1) is 0 Å². The first-order valence-electron chi connectivity index (χ1n) is 5.33. The first kappa shape index (κ1) is 10.6. The van der Waals surface area contributed by atoms with Gasteiger partial charge in [0.15, 0.2) is 0 Å². The van der Waals surface area contributed by atoms with Crippen molar-refractivity contribution < 1.29 is 0 Å². The minimum absolute atomic E-state index is 0.653. The summed E-state index contributed by atoms with van der Waals surface area (Å²) in [6, 6.07) is 4.03. The highest BCUT2D eigenvalue weighted by Gasteiger charge is 2.18. The molecular formula is C12H17ClN2. The molecule has 0 saturated carbocycles. The van der Waals surface area contributed by atoms with Crippen LogP contribution in [0.1, 0.15) is 12.5 Å². The molecule has 1 aromatic rings. The van der Waals surface area contributed by atoms with Gasteiger partial charge in [-0.05, 0) is 30.5 Å². The standard InChI is InChI=1S/C12H17ClN2/c1-8-6-14-11-5-10(13)4-9(2)12(11)15(3)7-8/h4-5,8,14H,6-7H2,1-3H3. The van der Waals surface area contributed by atoms with Crippen LogP contribution in [0.5, 0.6) is 0 Å². The zero-order chi connectivity index (χ0) is 11.0. The van der Waals surface area contributed by atoms with Crippen molar-refractivity contribution in [3.63, 3.8) is 0 Å². The van der Waals surface area contributed by atoms with E-state index in [9.17, 15) is 0 Å². The molecule has 1 atom stereocenters. The summed E-state index contributed by atoms with van der Waals surface area (Å²) in [6.07, 6.45) is 0. The van der Waals surface area contributed by atoms with Crippen molar-refractivity contribution in [1.82, 2.24) is 0 Å². The Morgan fingerprint density at radius 1 is 1.47 bits per heavy atom. The van der Waals surface area contributed by atoms with Gasteiger partial charge >= 0.3 is 0 Å². The third kappa shape index (κ3) is 2.05. The maximum absolute atomic E-state index is 6.06. The summed E-state index contributed by atoms with van der Waals surface area (Å²) in [6.45, 7) is 6.46. The van der Waals surface area contributed by atoms with Gasteiger partial charge in [-0.25, -0.2) is 0 Å². The highest BCUT2D eigenvalue weighted by molar-refractivity contribution is 6.31. The van der Waals surface area contributed by atoms with E-state index in [1.54, 1.807) is 0 Å². The second kappa shape index (κ2) is 3.93. The number of hydrogen-bond acceptors (Lipinski definition) is 2. The molecule has 0 radical (unpaired) electrons. The monoisotopic (exact) mass is 224 g/mol. The number of fused-ring (bicyclic) bond motifs is 1. The topological polar surface area (TPSA) is 15.3 Å². The smallest absolute Gasteiger partial charge is 0.0630 e. The Balaban J connectivity index is 2.48. The molecule has 2 rings (SSSR count). The van der Waals surface area contributed by atoms with Crippen molar-refractivity contribution in [3.05, 3.63) is 22.7 Å². The lowest BCUT2D eigenvalue weighted by Gasteiger charge is -2.22. The van der Waals surface area contributed by atoms with Crippen LogP contribution in [0.2, 0.25) is 5.02 Å². The van der Waals surface area contributed by atoms with Crippen molar-refractivity contribution in [2.45, 2.75) is 13.8 Å². The fraction of sp³-hybridized carbons (Fsp3) is 0.500. The number of benzene rings is 1. The summed E-state index contributed by atoms with van der Waals surface area (Å²) in [5.41, 5.74) is 3.68. The molecule has 1 aliphatic heterocycles. The number of rotatable bonds is 0. The molecule has 2 nitrogen and oxygen atoms in total. The quantitative estimate of drug-likeness (QED) is 0.729. The van der Waals surface area contributed by atoms with Gasteiger partial charge in [-0.1, -0.05) is 18.5 Å². The summed E-state index contributed by atoms with van der Waals surface area (Å²) >= 11 is 6.06. The number of hydrogen-bond donors (Lipinski definition) is 1. The summed E-state index contributed by atoms with van der Waals surface area (Å²) in [5, 5.41) is 4.27. The first-order valence-corrected chi connectivity index (χ1v) is 5.71. The Bertz CT molecular complexity index is 376. The zero-order valence-electron chi connectivity index (χ0n) is 9.47. The zero-order valence-corrected chi connectivity index (χ0v) is 10.2. The molecule has 1 heterocycles. The number of aryl methyl sites for hydroxylation is 1. The summed E-state index contributed by atoms with van der Waals surface area (Å²) in [4.78, 5) is 2.31. The van der Waals surface area contributed by atoms with Crippen LogP contribution in [0.3, 0.4) is 0 Å². The van der Waals surface area contributed by atoms with Gasteiger partial charge in [0.05, 0.1) is 11.4 Å². The largest absolute Gasteiger partial charge is 0.383 e. The fourth-order valence-corrected chi connectivity index (χ4v) is 2.56. The maximum atomic E-state index is 6.06. The van der Waals surface area contributed by atoms with Crippen molar-refractivity contribution >= 4 is 23.0 Å². The Labute approximate surface area is 96.2 Å². The van der Waals surface area contributed by atoms with E-state index in [0.717, 1.165) is 23.8 Å². The summed E-state index contributed by atoms with van der Waals surface area (Å²) < 4.78 is 0. The normalized spacial score (nSPS) is 20.5. The molecule has 1 unspecified atom stereocenters. The lowest BCUT2D eigenvalue weighted by Crippen LogP contribution is -2.24. The van der Waals surface area contributed by atoms with E-state index in [1.807, 2.05) is 12.1 Å². The van der Waals surface area contributed by atoms with Crippen LogP contribution in [-0.2, 0) is 0 Å². The number of nitrogens with one attached hydrogen (secondary N) is 1. The van der Waals surface area contributed by atoms with Gasteiger partial charge < -0.3 is 10.2 Å². The van der Waals surface area contributed by atoms with E-state index in [-0.39, 0.29) is 0 Å². The second-order valence-corrected chi connectivity index (χ2v) is 4.92. The molecule has 1 aromatic carbocycles. The first-order chi connectivity index (χ1) is 7.08. The number of anilines is 2. The van der Waals surface area contributed by atoms with Crippen LogP contribution in [0.4, 0.5) is 11.4 Å². The Morgan fingerprint density at radius 3 is 2.93 bits per heavy atom. The molecule has 15 heavy (non-hydrogen) atoms. The van der Waals surface area contributed by atoms with Gasteiger partial charge in [-0.2, -0.15) is 0 Å². The van der Waals surface area contributed by atoms with Crippen molar-refractivity contribution in [2.75, 3.05) is 30.4 Å². The van der Waals surface area contributed by atoms with E-state index in [0.29, 0.717) is 5.92 Å². The number of nitrogens with zero attached hydrogens (tertiary/aromatic N) is 1. The van der Waals surface area contributed by atoms with E-state index >= 15 is 0 Å². The van der Waals surface area contributed by atoms with Gasteiger partial charge in [0.2, 0.25) is 0 Å². The van der Waals surface area contributed by atoms with Crippen LogP contribution in [0, 0.1) is 12.8 Å². The van der Waals surface area contributed by atoms with Crippen LogP contribution < -0.4 is 10.2 Å². The Morgan fingerprint density at radius 2 is 2.20 bits per heavy atom. The van der Waals surface area contributed by atoms with Crippen LogP contribution >= 0.6 is 11.6 Å². The SMILES string of the molecule is Cc1cc(Cl)cc2c1N(C)CC(C)CN2. The fourth-order valence-electron chi connectivity index (χ4n) is 2.28. The van der Waals surface area contributed by atoms with Gasteiger partial charge in [0, 0.05) is 25.2 Å². The Kier molecular flexibility index (Phi) is 2.79. The highest BCUT2D eigenvalue weighted by atomic mass is 35.5. The van der Waals surface area contributed by atoms with Gasteiger partial charge in [0.1, 0.15) is 0 Å².